The molecule has 0 atom stereocenters. The summed E-state index contributed by atoms with van der Waals surface area (Å²) in [5, 5.41) is 4.03. The average molecular weight is 291 g/mol. The Hall–Kier alpha value is -1.58. The highest BCUT2D eigenvalue weighted by Gasteiger charge is 2.05. The maximum Gasteiger partial charge on any atom is 0.219 e. The van der Waals surface area contributed by atoms with Crippen molar-refractivity contribution < 1.29 is 4.74 Å². The van der Waals surface area contributed by atoms with Gasteiger partial charge in [-0.25, -0.2) is 4.98 Å². The monoisotopic (exact) mass is 290 g/mol. The first-order chi connectivity index (χ1) is 9.54. The number of rotatable bonds is 5. The van der Waals surface area contributed by atoms with Crippen molar-refractivity contribution in [2.75, 3.05) is 0 Å². The van der Waals surface area contributed by atoms with E-state index in [0.29, 0.717) is 22.7 Å². The first kappa shape index (κ1) is 14.8. The van der Waals surface area contributed by atoms with Crippen LogP contribution in [0, 0.1) is 6.92 Å². The van der Waals surface area contributed by atoms with Gasteiger partial charge >= 0.3 is 0 Å². The summed E-state index contributed by atoms with van der Waals surface area (Å²) >= 11 is 5.93. The summed E-state index contributed by atoms with van der Waals surface area (Å²) in [5.41, 5.74) is 2.15. The molecule has 106 valence electrons. The van der Waals surface area contributed by atoms with Crippen molar-refractivity contribution in [3.63, 3.8) is 0 Å². The number of aryl methyl sites for hydroxylation is 1. The van der Waals surface area contributed by atoms with Gasteiger partial charge in [-0.15, -0.1) is 0 Å². The molecule has 2 aromatic rings. The van der Waals surface area contributed by atoms with Gasteiger partial charge in [-0.05, 0) is 30.7 Å². The molecular weight excluding hydrogens is 272 g/mol. The molecule has 0 fully saturated rings. The third kappa shape index (κ3) is 4.22. The summed E-state index contributed by atoms with van der Waals surface area (Å²) in [5.74, 6) is 1.27. The second-order valence-electron chi connectivity index (χ2n) is 4.99. The highest BCUT2D eigenvalue weighted by Crippen LogP contribution is 2.23. The standard InChI is InChI=1S/C16H19ClN2O/c1-11(2)18-10-13-7-8-16(19-12(13)3)20-15-6-4-5-14(17)9-15/h4-9,11,18H,10H2,1-3H3. The zero-order valence-electron chi connectivity index (χ0n) is 12.0. The quantitative estimate of drug-likeness (QED) is 0.890. The summed E-state index contributed by atoms with van der Waals surface area (Å²) in [6.45, 7) is 7.05. The predicted molar refractivity (Wildman–Crippen MR) is 82.5 cm³/mol. The van der Waals surface area contributed by atoms with E-state index in [0.717, 1.165) is 12.2 Å². The Morgan fingerprint density at radius 2 is 2.05 bits per heavy atom. The van der Waals surface area contributed by atoms with Gasteiger partial charge in [0.1, 0.15) is 5.75 Å². The molecule has 0 radical (unpaired) electrons. The Balaban J connectivity index is 2.09. The second-order valence-corrected chi connectivity index (χ2v) is 5.43. The maximum atomic E-state index is 5.93. The van der Waals surface area contributed by atoms with Crippen LogP contribution < -0.4 is 10.1 Å². The Morgan fingerprint density at radius 3 is 2.70 bits per heavy atom. The van der Waals surface area contributed by atoms with Crippen LogP contribution in [0.2, 0.25) is 5.02 Å². The molecule has 2 rings (SSSR count). The number of pyridine rings is 1. The van der Waals surface area contributed by atoms with Crippen molar-refractivity contribution in [3.8, 4) is 11.6 Å². The van der Waals surface area contributed by atoms with Gasteiger partial charge in [-0.1, -0.05) is 37.6 Å². The molecule has 4 heteroatoms. The molecule has 0 aliphatic heterocycles. The van der Waals surface area contributed by atoms with E-state index in [2.05, 4.69) is 24.1 Å². The number of nitrogens with zero attached hydrogens (tertiary/aromatic N) is 1. The van der Waals surface area contributed by atoms with Crippen LogP contribution in [-0.2, 0) is 6.54 Å². The van der Waals surface area contributed by atoms with E-state index in [1.165, 1.54) is 5.56 Å². The second kappa shape index (κ2) is 6.73. The van der Waals surface area contributed by atoms with E-state index in [9.17, 15) is 0 Å². The lowest BCUT2D eigenvalue weighted by Gasteiger charge is -2.11. The molecule has 3 nitrogen and oxygen atoms in total. The number of halogens is 1. The lowest BCUT2D eigenvalue weighted by atomic mass is 10.2. The largest absolute Gasteiger partial charge is 0.439 e. The minimum absolute atomic E-state index is 0.455. The molecule has 0 aliphatic carbocycles. The van der Waals surface area contributed by atoms with E-state index in [1.807, 2.05) is 37.3 Å². The van der Waals surface area contributed by atoms with Crippen molar-refractivity contribution in [2.24, 2.45) is 0 Å². The van der Waals surface area contributed by atoms with Crippen LogP contribution in [0.3, 0.4) is 0 Å². The number of ether oxygens (including phenoxy) is 1. The van der Waals surface area contributed by atoms with Crippen molar-refractivity contribution in [1.29, 1.82) is 0 Å². The van der Waals surface area contributed by atoms with Gasteiger partial charge in [0.25, 0.3) is 0 Å². The van der Waals surface area contributed by atoms with Crippen LogP contribution in [0.4, 0.5) is 0 Å². The van der Waals surface area contributed by atoms with Gasteiger partial charge in [-0.2, -0.15) is 0 Å². The highest BCUT2D eigenvalue weighted by atomic mass is 35.5. The Labute approximate surface area is 124 Å². The van der Waals surface area contributed by atoms with Crippen LogP contribution in [0.15, 0.2) is 36.4 Å². The molecule has 1 aromatic carbocycles. The van der Waals surface area contributed by atoms with Crippen molar-refractivity contribution in [2.45, 2.75) is 33.4 Å². The fourth-order valence-corrected chi connectivity index (χ4v) is 1.96. The number of hydrogen-bond acceptors (Lipinski definition) is 3. The molecular formula is C16H19ClN2O. The van der Waals surface area contributed by atoms with E-state index in [1.54, 1.807) is 6.07 Å². The minimum Gasteiger partial charge on any atom is -0.439 e. The SMILES string of the molecule is Cc1nc(Oc2cccc(Cl)c2)ccc1CNC(C)C. The van der Waals surface area contributed by atoms with E-state index >= 15 is 0 Å². The molecule has 1 aromatic heterocycles. The maximum absolute atomic E-state index is 5.93. The zero-order chi connectivity index (χ0) is 14.5. The third-order valence-electron chi connectivity index (χ3n) is 2.89. The summed E-state index contributed by atoms with van der Waals surface area (Å²) in [6, 6.07) is 11.7. The third-order valence-corrected chi connectivity index (χ3v) is 3.12. The minimum atomic E-state index is 0.455. The smallest absolute Gasteiger partial charge is 0.219 e. The predicted octanol–water partition coefficient (Wildman–Crippen LogP) is 4.33. The number of nitrogens with one attached hydrogen (secondary N) is 1. The molecule has 1 heterocycles. The first-order valence-corrected chi connectivity index (χ1v) is 7.05. The van der Waals surface area contributed by atoms with Crippen LogP contribution in [0.5, 0.6) is 11.6 Å². The summed E-state index contributed by atoms with van der Waals surface area (Å²) in [6.07, 6.45) is 0. The van der Waals surface area contributed by atoms with Crippen LogP contribution >= 0.6 is 11.6 Å². The van der Waals surface area contributed by atoms with E-state index in [4.69, 9.17) is 16.3 Å². The lowest BCUT2D eigenvalue weighted by molar-refractivity contribution is 0.460. The molecule has 0 unspecified atom stereocenters. The van der Waals surface area contributed by atoms with E-state index < -0.39 is 0 Å². The van der Waals surface area contributed by atoms with Crippen molar-refractivity contribution >= 4 is 11.6 Å². The van der Waals surface area contributed by atoms with Gasteiger partial charge in [-0.3, -0.25) is 0 Å². The van der Waals surface area contributed by atoms with Crippen molar-refractivity contribution in [3.05, 3.63) is 52.7 Å². The van der Waals surface area contributed by atoms with Gasteiger partial charge in [0.15, 0.2) is 0 Å². The normalized spacial score (nSPS) is 10.8. The molecule has 0 spiro atoms. The van der Waals surface area contributed by atoms with Crippen LogP contribution in [-0.4, -0.2) is 11.0 Å². The van der Waals surface area contributed by atoms with Gasteiger partial charge in [0.2, 0.25) is 5.88 Å². The summed E-state index contributed by atoms with van der Waals surface area (Å²) in [7, 11) is 0. The Bertz CT molecular complexity index is 584. The number of benzene rings is 1. The molecule has 0 saturated carbocycles. The summed E-state index contributed by atoms with van der Waals surface area (Å²) < 4.78 is 5.70. The van der Waals surface area contributed by atoms with Gasteiger partial charge < -0.3 is 10.1 Å². The average Bonchev–Trinajstić information content (AvgIpc) is 2.37. The van der Waals surface area contributed by atoms with E-state index in [-0.39, 0.29) is 0 Å². The fourth-order valence-electron chi connectivity index (χ4n) is 1.78. The van der Waals surface area contributed by atoms with Gasteiger partial charge in [0.05, 0.1) is 0 Å². The highest BCUT2D eigenvalue weighted by molar-refractivity contribution is 6.30. The fraction of sp³-hybridized carbons (Fsp3) is 0.312. The molecule has 0 saturated heterocycles. The van der Waals surface area contributed by atoms with Crippen LogP contribution in [0.1, 0.15) is 25.1 Å². The topological polar surface area (TPSA) is 34.1 Å². The molecule has 1 N–H and O–H groups in total. The Morgan fingerprint density at radius 1 is 1.25 bits per heavy atom. The number of aromatic nitrogens is 1. The summed E-state index contributed by atoms with van der Waals surface area (Å²) in [4.78, 5) is 4.47. The van der Waals surface area contributed by atoms with Gasteiger partial charge in [0, 0.05) is 29.4 Å². The first-order valence-electron chi connectivity index (χ1n) is 6.68. The number of hydrogen-bond donors (Lipinski definition) is 1. The molecule has 20 heavy (non-hydrogen) atoms. The lowest BCUT2D eigenvalue weighted by Crippen LogP contribution is -2.22. The van der Waals surface area contributed by atoms with Crippen LogP contribution in [0.25, 0.3) is 0 Å². The zero-order valence-corrected chi connectivity index (χ0v) is 12.7. The molecule has 0 amide bonds. The molecule has 0 bridgehead atoms. The molecule has 0 aliphatic rings. The Kier molecular flexibility index (Phi) is 4.99. The van der Waals surface area contributed by atoms with Crippen molar-refractivity contribution in [1.82, 2.24) is 10.3 Å².